The highest BCUT2D eigenvalue weighted by Gasteiger charge is 2.36. The Labute approximate surface area is 75.6 Å². The molecule has 0 saturated heterocycles. The molecule has 0 aliphatic rings. The fourth-order valence-electron chi connectivity index (χ4n) is 0.833. The van der Waals surface area contributed by atoms with Gasteiger partial charge in [-0.1, -0.05) is 18.9 Å². The Bertz CT molecular complexity index is 203. The molecule has 0 rings (SSSR count). The van der Waals surface area contributed by atoms with E-state index >= 15 is 0 Å². The van der Waals surface area contributed by atoms with E-state index in [0.717, 1.165) is 12.8 Å². The van der Waals surface area contributed by atoms with Crippen molar-refractivity contribution in [1.29, 1.82) is 0 Å². The highest BCUT2D eigenvalue weighted by molar-refractivity contribution is 5.94. The van der Waals surface area contributed by atoms with Crippen molar-refractivity contribution in [1.82, 2.24) is 0 Å². The summed E-state index contributed by atoms with van der Waals surface area (Å²) >= 11 is 0. The van der Waals surface area contributed by atoms with Crippen LogP contribution in [0.25, 0.3) is 0 Å². The van der Waals surface area contributed by atoms with E-state index in [1.807, 2.05) is 6.92 Å². The molecule has 0 aromatic carbocycles. The van der Waals surface area contributed by atoms with Gasteiger partial charge in [0.05, 0.1) is 0 Å². The number of hydrogen-bond donors (Lipinski definition) is 0. The van der Waals surface area contributed by atoms with E-state index in [4.69, 9.17) is 0 Å². The van der Waals surface area contributed by atoms with Crippen molar-refractivity contribution in [3.63, 3.8) is 0 Å². The number of unbranched alkanes of at least 4 members (excludes halogenated alkanes) is 1. The minimum absolute atomic E-state index is 0.490. The van der Waals surface area contributed by atoms with Gasteiger partial charge in [0.2, 0.25) is 0 Å². The lowest BCUT2D eigenvalue weighted by atomic mass is 10.1. The quantitative estimate of drug-likeness (QED) is 0.628. The topological polar surface area (TPSA) is 17.1 Å². The van der Waals surface area contributed by atoms with Crippen molar-refractivity contribution in [2.75, 3.05) is 0 Å². The molecular weight excluding hydrogens is 181 g/mol. The first-order chi connectivity index (χ1) is 5.88. The Balaban J connectivity index is 4.15. The lowest BCUT2D eigenvalue weighted by Gasteiger charge is -2.02. The number of allylic oxidation sites excluding steroid dienone is 2. The van der Waals surface area contributed by atoms with Crippen molar-refractivity contribution in [3.8, 4) is 0 Å². The third-order valence-electron chi connectivity index (χ3n) is 1.58. The van der Waals surface area contributed by atoms with Gasteiger partial charge in [-0.15, -0.1) is 0 Å². The monoisotopic (exact) mass is 194 g/mol. The Kier molecular flexibility index (Phi) is 4.73. The third kappa shape index (κ3) is 5.44. The fraction of sp³-hybridized carbons (Fsp3) is 0.667. The second-order valence-electron chi connectivity index (χ2n) is 2.96. The smallest absolute Gasteiger partial charge is 0.285 e. The number of alkyl halides is 3. The zero-order chi connectivity index (χ0) is 10.5. The number of carbonyl (C=O) groups excluding carboxylic acids is 1. The van der Waals surface area contributed by atoms with E-state index in [2.05, 4.69) is 0 Å². The predicted octanol–water partition coefficient (Wildman–Crippen LogP) is 3.25. The summed E-state index contributed by atoms with van der Waals surface area (Å²) in [6.45, 7) is 3.48. The van der Waals surface area contributed by atoms with Gasteiger partial charge < -0.3 is 0 Å². The van der Waals surface area contributed by atoms with Crippen molar-refractivity contribution >= 4 is 5.78 Å². The van der Waals surface area contributed by atoms with E-state index in [-0.39, 0.29) is 0 Å². The Morgan fingerprint density at radius 2 is 1.92 bits per heavy atom. The van der Waals surface area contributed by atoms with Gasteiger partial charge in [0.25, 0.3) is 5.78 Å². The van der Waals surface area contributed by atoms with Crippen molar-refractivity contribution < 1.29 is 18.0 Å². The zero-order valence-electron chi connectivity index (χ0n) is 7.74. The summed E-state index contributed by atoms with van der Waals surface area (Å²) < 4.78 is 35.2. The SMILES string of the molecule is CCCC/C(C)=C\C(=O)C(F)(F)F. The third-order valence-corrected chi connectivity index (χ3v) is 1.58. The van der Waals surface area contributed by atoms with Crippen LogP contribution in [0.15, 0.2) is 11.6 Å². The normalized spacial score (nSPS) is 13.2. The summed E-state index contributed by atoms with van der Waals surface area (Å²) in [7, 11) is 0. The molecule has 0 aromatic heterocycles. The van der Waals surface area contributed by atoms with Gasteiger partial charge in [0.1, 0.15) is 0 Å². The van der Waals surface area contributed by atoms with Crippen LogP contribution in [0.1, 0.15) is 33.1 Å². The van der Waals surface area contributed by atoms with Gasteiger partial charge >= 0.3 is 6.18 Å². The number of ketones is 1. The summed E-state index contributed by atoms with van der Waals surface area (Å²) in [5.74, 6) is -1.76. The molecule has 0 unspecified atom stereocenters. The Morgan fingerprint density at radius 3 is 2.31 bits per heavy atom. The highest BCUT2D eigenvalue weighted by atomic mass is 19.4. The van der Waals surface area contributed by atoms with Crippen LogP contribution >= 0.6 is 0 Å². The van der Waals surface area contributed by atoms with Crippen LogP contribution in [0.4, 0.5) is 13.2 Å². The van der Waals surface area contributed by atoms with E-state index < -0.39 is 12.0 Å². The molecule has 0 spiro atoms. The second kappa shape index (κ2) is 5.04. The van der Waals surface area contributed by atoms with Gasteiger partial charge in [0.15, 0.2) is 0 Å². The first kappa shape index (κ1) is 12.2. The van der Waals surface area contributed by atoms with E-state index in [1.54, 1.807) is 6.92 Å². The average Bonchev–Trinajstić information content (AvgIpc) is 1.99. The molecule has 76 valence electrons. The maximum Gasteiger partial charge on any atom is 0.454 e. The lowest BCUT2D eigenvalue weighted by molar-refractivity contribution is -0.165. The molecule has 0 aliphatic carbocycles. The van der Waals surface area contributed by atoms with Crippen LogP contribution < -0.4 is 0 Å². The summed E-state index contributed by atoms with van der Waals surface area (Å²) in [5, 5.41) is 0. The van der Waals surface area contributed by atoms with Crippen molar-refractivity contribution in [2.45, 2.75) is 39.3 Å². The van der Waals surface area contributed by atoms with Crippen LogP contribution in [0, 0.1) is 0 Å². The van der Waals surface area contributed by atoms with Crippen LogP contribution in [0.3, 0.4) is 0 Å². The molecule has 0 saturated carbocycles. The van der Waals surface area contributed by atoms with Gasteiger partial charge in [-0.05, 0) is 25.8 Å². The molecule has 0 amide bonds. The number of carbonyl (C=O) groups is 1. The van der Waals surface area contributed by atoms with Crippen molar-refractivity contribution in [3.05, 3.63) is 11.6 Å². The minimum atomic E-state index is -4.73. The molecule has 4 heteroatoms. The Morgan fingerprint density at radius 1 is 1.38 bits per heavy atom. The zero-order valence-corrected chi connectivity index (χ0v) is 7.74. The van der Waals surface area contributed by atoms with Gasteiger partial charge in [-0.2, -0.15) is 13.2 Å². The molecule has 0 aromatic rings. The summed E-state index contributed by atoms with van der Waals surface area (Å²) in [4.78, 5) is 10.4. The molecule has 0 N–H and O–H groups in total. The predicted molar refractivity (Wildman–Crippen MR) is 44.3 cm³/mol. The second-order valence-corrected chi connectivity index (χ2v) is 2.96. The molecule has 0 atom stereocenters. The highest BCUT2D eigenvalue weighted by Crippen LogP contribution is 2.18. The summed E-state index contributed by atoms with van der Waals surface area (Å²) in [6.07, 6.45) is -1.78. The van der Waals surface area contributed by atoms with Crippen LogP contribution in [-0.2, 0) is 4.79 Å². The largest absolute Gasteiger partial charge is 0.454 e. The maximum atomic E-state index is 11.7. The van der Waals surface area contributed by atoms with Crippen LogP contribution in [0.5, 0.6) is 0 Å². The molecule has 0 aliphatic heterocycles. The number of hydrogen-bond acceptors (Lipinski definition) is 1. The van der Waals surface area contributed by atoms with Gasteiger partial charge in [-0.3, -0.25) is 4.79 Å². The summed E-state index contributed by atoms with van der Waals surface area (Å²) in [5.41, 5.74) is 0.490. The molecule has 0 radical (unpaired) electrons. The van der Waals surface area contributed by atoms with E-state index in [1.165, 1.54) is 0 Å². The maximum absolute atomic E-state index is 11.7. The first-order valence-corrected chi connectivity index (χ1v) is 4.16. The Hall–Kier alpha value is -0.800. The van der Waals surface area contributed by atoms with Gasteiger partial charge in [0, 0.05) is 0 Å². The molecule has 1 nitrogen and oxygen atoms in total. The molecular formula is C9H13F3O. The van der Waals surface area contributed by atoms with Crippen LogP contribution in [-0.4, -0.2) is 12.0 Å². The van der Waals surface area contributed by atoms with Crippen LogP contribution in [0.2, 0.25) is 0 Å². The average molecular weight is 194 g/mol. The first-order valence-electron chi connectivity index (χ1n) is 4.16. The van der Waals surface area contributed by atoms with E-state index in [9.17, 15) is 18.0 Å². The molecule has 0 bridgehead atoms. The minimum Gasteiger partial charge on any atom is -0.285 e. The standard InChI is InChI=1S/C9H13F3O/c1-3-4-5-7(2)6-8(13)9(10,11)12/h6H,3-5H2,1-2H3/b7-6-. The molecule has 0 heterocycles. The molecule has 13 heavy (non-hydrogen) atoms. The van der Waals surface area contributed by atoms with Crippen molar-refractivity contribution in [2.24, 2.45) is 0 Å². The number of halogens is 3. The molecule has 0 fully saturated rings. The van der Waals surface area contributed by atoms with E-state index in [0.29, 0.717) is 18.1 Å². The lowest BCUT2D eigenvalue weighted by Crippen LogP contribution is -2.20. The summed E-state index contributed by atoms with van der Waals surface area (Å²) in [6, 6.07) is 0. The van der Waals surface area contributed by atoms with Gasteiger partial charge in [-0.25, -0.2) is 0 Å². The number of rotatable bonds is 4. The fourth-order valence-corrected chi connectivity index (χ4v) is 0.833.